The van der Waals surface area contributed by atoms with Crippen LogP contribution in [-0.4, -0.2) is 27.8 Å². The van der Waals surface area contributed by atoms with Crippen LogP contribution in [0, 0.1) is 5.92 Å². The standard InChI is InChI=1S/C11H21N5/c1-8(2)5-6-12-10-7-13-16-11(15-10)14-9(3)4/h7-9H,5-6H2,1-4H3,(H2,12,14,15,16). The molecule has 0 unspecified atom stereocenters. The molecule has 1 aromatic heterocycles. The molecule has 2 N–H and O–H groups in total. The minimum absolute atomic E-state index is 0.313. The minimum atomic E-state index is 0.313. The van der Waals surface area contributed by atoms with Crippen LogP contribution in [0.5, 0.6) is 0 Å². The monoisotopic (exact) mass is 223 g/mol. The SMILES string of the molecule is CC(C)CCNc1cnnc(NC(C)C)n1. The van der Waals surface area contributed by atoms with Crippen molar-refractivity contribution in [3.05, 3.63) is 6.20 Å². The minimum Gasteiger partial charge on any atom is -0.369 e. The molecule has 0 aliphatic heterocycles. The molecule has 5 heteroatoms. The van der Waals surface area contributed by atoms with Gasteiger partial charge in [-0.05, 0) is 26.2 Å². The van der Waals surface area contributed by atoms with Crippen molar-refractivity contribution in [1.82, 2.24) is 15.2 Å². The number of rotatable bonds is 6. The summed E-state index contributed by atoms with van der Waals surface area (Å²) in [6.45, 7) is 9.40. The predicted molar refractivity (Wildman–Crippen MR) is 66.5 cm³/mol. The number of hydrogen-bond donors (Lipinski definition) is 2. The van der Waals surface area contributed by atoms with Gasteiger partial charge in [0.1, 0.15) is 5.82 Å². The van der Waals surface area contributed by atoms with E-state index in [0.29, 0.717) is 17.9 Å². The largest absolute Gasteiger partial charge is 0.369 e. The summed E-state index contributed by atoms with van der Waals surface area (Å²) in [6.07, 6.45) is 2.77. The van der Waals surface area contributed by atoms with Gasteiger partial charge in [0.2, 0.25) is 5.95 Å². The first kappa shape index (κ1) is 12.7. The van der Waals surface area contributed by atoms with Crippen LogP contribution in [0.2, 0.25) is 0 Å². The predicted octanol–water partition coefficient (Wildman–Crippen LogP) is 2.15. The molecular formula is C11H21N5. The Hall–Kier alpha value is -1.39. The summed E-state index contributed by atoms with van der Waals surface area (Å²) < 4.78 is 0. The molecule has 0 bridgehead atoms. The van der Waals surface area contributed by atoms with Crippen molar-refractivity contribution in [2.75, 3.05) is 17.2 Å². The molecule has 1 rings (SSSR count). The van der Waals surface area contributed by atoms with Crippen LogP contribution in [-0.2, 0) is 0 Å². The van der Waals surface area contributed by atoms with Crippen LogP contribution in [0.1, 0.15) is 34.1 Å². The average Bonchev–Trinajstić information content (AvgIpc) is 2.16. The summed E-state index contributed by atoms with van der Waals surface area (Å²) in [4.78, 5) is 4.31. The second kappa shape index (κ2) is 6.25. The normalized spacial score (nSPS) is 10.9. The van der Waals surface area contributed by atoms with Gasteiger partial charge in [-0.2, -0.15) is 10.1 Å². The quantitative estimate of drug-likeness (QED) is 0.773. The van der Waals surface area contributed by atoms with E-state index in [1.807, 2.05) is 13.8 Å². The van der Waals surface area contributed by atoms with E-state index in [9.17, 15) is 0 Å². The van der Waals surface area contributed by atoms with Gasteiger partial charge in [0.05, 0.1) is 6.20 Å². The highest BCUT2D eigenvalue weighted by Crippen LogP contribution is 2.06. The topological polar surface area (TPSA) is 62.7 Å². The third-order valence-electron chi connectivity index (χ3n) is 2.00. The lowest BCUT2D eigenvalue weighted by atomic mass is 10.1. The lowest BCUT2D eigenvalue weighted by molar-refractivity contribution is 0.606. The number of anilines is 2. The number of aromatic nitrogens is 3. The molecule has 0 aromatic carbocycles. The average molecular weight is 223 g/mol. The molecule has 1 heterocycles. The van der Waals surface area contributed by atoms with Gasteiger partial charge in [-0.3, -0.25) is 0 Å². The summed E-state index contributed by atoms with van der Waals surface area (Å²) in [6, 6.07) is 0.313. The van der Waals surface area contributed by atoms with Gasteiger partial charge >= 0.3 is 0 Å². The lowest BCUT2D eigenvalue weighted by Crippen LogP contribution is -2.14. The fraction of sp³-hybridized carbons (Fsp3) is 0.727. The molecule has 0 aliphatic carbocycles. The van der Waals surface area contributed by atoms with Gasteiger partial charge < -0.3 is 10.6 Å². The van der Waals surface area contributed by atoms with Crippen molar-refractivity contribution in [3.8, 4) is 0 Å². The first-order chi connectivity index (χ1) is 7.58. The van der Waals surface area contributed by atoms with Gasteiger partial charge in [-0.1, -0.05) is 13.8 Å². The maximum Gasteiger partial charge on any atom is 0.244 e. The summed E-state index contributed by atoms with van der Waals surface area (Å²) in [7, 11) is 0. The van der Waals surface area contributed by atoms with Crippen molar-refractivity contribution in [2.24, 2.45) is 5.92 Å². The van der Waals surface area contributed by atoms with Gasteiger partial charge in [0.25, 0.3) is 0 Å². The van der Waals surface area contributed by atoms with Crippen molar-refractivity contribution in [3.63, 3.8) is 0 Å². The van der Waals surface area contributed by atoms with Crippen LogP contribution in [0.4, 0.5) is 11.8 Å². The zero-order valence-corrected chi connectivity index (χ0v) is 10.5. The van der Waals surface area contributed by atoms with Crippen LogP contribution in [0.15, 0.2) is 6.20 Å². The Balaban J connectivity index is 2.47. The third-order valence-corrected chi connectivity index (χ3v) is 2.00. The number of nitrogens with one attached hydrogen (secondary N) is 2. The Morgan fingerprint density at radius 2 is 2.00 bits per heavy atom. The summed E-state index contributed by atoms with van der Waals surface area (Å²) in [5.41, 5.74) is 0. The van der Waals surface area contributed by atoms with E-state index in [0.717, 1.165) is 18.8 Å². The molecular weight excluding hydrogens is 202 g/mol. The molecule has 0 spiro atoms. The van der Waals surface area contributed by atoms with E-state index in [2.05, 4.69) is 39.7 Å². The molecule has 0 aliphatic rings. The molecule has 0 atom stereocenters. The molecule has 0 fully saturated rings. The highest BCUT2D eigenvalue weighted by molar-refractivity contribution is 5.37. The van der Waals surface area contributed by atoms with E-state index >= 15 is 0 Å². The van der Waals surface area contributed by atoms with Crippen LogP contribution >= 0.6 is 0 Å². The van der Waals surface area contributed by atoms with Gasteiger partial charge in [0.15, 0.2) is 0 Å². The molecule has 0 amide bonds. The Morgan fingerprint density at radius 1 is 1.25 bits per heavy atom. The van der Waals surface area contributed by atoms with E-state index in [1.54, 1.807) is 6.20 Å². The molecule has 0 saturated carbocycles. The smallest absolute Gasteiger partial charge is 0.244 e. The second-order valence-corrected chi connectivity index (χ2v) is 4.57. The Labute approximate surface area is 97.1 Å². The summed E-state index contributed by atoms with van der Waals surface area (Å²) in [5, 5.41) is 14.2. The molecule has 0 saturated heterocycles. The second-order valence-electron chi connectivity index (χ2n) is 4.57. The van der Waals surface area contributed by atoms with Gasteiger partial charge in [0, 0.05) is 12.6 Å². The summed E-state index contributed by atoms with van der Waals surface area (Å²) in [5.74, 6) is 2.04. The Bertz CT molecular complexity index is 311. The van der Waals surface area contributed by atoms with E-state index in [4.69, 9.17) is 0 Å². The lowest BCUT2D eigenvalue weighted by Gasteiger charge is -2.10. The molecule has 0 radical (unpaired) electrons. The van der Waals surface area contributed by atoms with Gasteiger partial charge in [-0.15, -0.1) is 5.10 Å². The first-order valence-electron chi connectivity index (χ1n) is 5.78. The highest BCUT2D eigenvalue weighted by atomic mass is 15.3. The summed E-state index contributed by atoms with van der Waals surface area (Å²) >= 11 is 0. The zero-order valence-electron chi connectivity index (χ0n) is 10.5. The molecule has 90 valence electrons. The maximum absolute atomic E-state index is 4.31. The fourth-order valence-corrected chi connectivity index (χ4v) is 1.20. The Kier molecular flexibility index (Phi) is 4.95. The van der Waals surface area contributed by atoms with Gasteiger partial charge in [-0.25, -0.2) is 0 Å². The number of nitrogens with zero attached hydrogens (tertiary/aromatic N) is 3. The van der Waals surface area contributed by atoms with E-state index < -0.39 is 0 Å². The molecule has 1 aromatic rings. The van der Waals surface area contributed by atoms with Crippen molar-refractivity contribution >= 4 is 11.8 Å². The number of hydrogen-bond acceptors (Lipinski definition) is 5. The Morgan fingerprint density at radius 3 is 2.62 bits per heavy atom. The molecule has 5 nitrogen and oxygen atoms in total. The van der Waals surface area contributed by atoms with Crippen molar-refractivity contribution in [1.29, 1.82) is 0 Å². The van der Waals surface area contributed by atoms with E-state index in [-0.39, 0.29) is 0 Å². The highest BCUT2D eigenvalue weighted by Gasteiger charge is 2.01. The maximum atomic E-state index is 4.31. The fourth-order valence-electron chi connectivity index (χ4n) is 1.20. The van der Waals surface area contributed by atoms with Crippen molar-refractivity contribution in [2.45, 2.75) is 40.2 Å². The van der Waals surface area contributed by atoms with Crippen LogP contribution in [0.3, 0.4) is 0 Å². The molecule has 16 heavy (non-hydrogen) atoms. The first-order valence-corrected chi connectivity index (χ1v) is 5.78. The van der Waals surface area contributed by atoms with Crippen LogP contribution in [0.25, 0.3) is 0 Å². The zero-order chi connectivity index (χ0) is 12.0. The van der Waals surface area contributed by atoms with Crippen molar-refractivity contribution < 1.29 is 0 Å². The van der Waals surface area contributed by atoms with Crippen LogP contribution < -0.4 is 10.6 Å². The third kappa shape index (κ3) is 4.91. The van der Waals surface area contributed by atoms with E-state index in [1.165, 1.54) is 0 Å².